The Hall–Kier alpha value is -7.36. The van der Waals surface area contributed by atoms with E-state index in [9.17, 15) is 0 Å². The molecule has 1 aliphatic carbocycles. The van der Waals surface area contributed by atoms with Crippen LogP contribution in [0.2, 0.25) is 0 Å². The Balaban J connectivity index is 1.12. The lowest BCUT2D eigenvalue weighted by atomic mass is 9.82. The maximum atomic E-state index is 6.82. The number of hydrogen-bond acceptors (Lipinski definition) is 3. The summed E-state index contributed by atoms with van der Waals surface area (Å²) in [5.41, 5.74) is 16.4. The van der Waals surface area contributed by atoms with Crippen molar-refractivity contribution in [3.63, 3.8) is 0 Å². The van der Waals surface area contributed by atoms with E-state index >= 15 is 0 Å². The molecule has 3 nitrogen and oxygen atoms in total. The van der Waals surface area contributed by atoms with E-state index < -0.39 is 0 Å². The van der Waals surface area contributed by atoms with Crippen molar-refractivity contribution in [2.75, 3.05) is 9.80 Å². The van der Waals surface area contributed by atoms with Gasteiger partial charge in [-0.15, -0.1) is 0 Å². The van der Waals surface area contributed by atoms with Gasteiger partial charge in [0, 0.05) is 50.1 Å². The number of anilines is 6. The summed E-state index contributed by atoms with van der Waals surface area (Å²) in [7, 11) is 0. The van der Waals surface area contributed by atoms with Crippen LogP contribution in [0.3, 0.4) is 0 Å². The zero-order chi connectivity index (χ0) is 38.8. The molecule has 0 bridgehead atoms. The minimum atomic E-state index is -0.132. The zero-order valence-corrected chi connectivity index (χ0v) is 32.4. The van der Waals surface area contributed by atoms with E-state index in [2.05, 4.69) is 230 Å². The molecule has 0 atom stereocenters. The lowest BCUT2D eigenvalue weighted by Crippen LogP contribution is -2.16. The molecule has 1 aliphatic heterocycles. The number of benzene rings is 9. The van der Waals surface area contributed by atoms with Gasteiger partial charge in [-0.2, -0.15) is 0 Å². The van der Waals surface area contributed by atoms with Crippen molar-refractivity contribution in [2.45, 2.75) is 19.3 Å². The van der Waals surface area contributed by atoms with Crippen LogP contribution in [0.25, 0.3) is 44.2 Å². The monoisotopic (exact) mass is 744 g/mol. The Morgan fingerprint density at radius 2 is 0.948 bits per heavy atom. The Bertz CT molecular complexity index is 2950. The SMILES string of the molecule is CC1(C)c2ccccc2-c2c(N(c3ccc(-c4ccccc4)cc3)c3ccc4c5c(cccc35)-c3cc(N(c5ccccc5)c5ccccc5)ccc3O4)cccc21. The van der Waals surface area contributed by atoms with Crippen LogP contribution in [0.1, 0.15) is 25.0 Å². The van der Waals surface area contributed by atoms with Gasteiger partial charge in [-0.25, -0.2) is 0 Å². The predicted molar refractivity (Wildman–Crippen MR) is 242 cm³/mol. The Labute approximate surface area is 339 Å². The lowest BCUT2D eigenvalue weighted by molar-refractivity contribution is 0.487. The van der Waals surface area contributed by atoms with Gasteiger partial charge in [0.1, 0.15) is 11.5 Å². The molecule has 3 heteroatoms. The van der Waals surface area contributed by atoms with Crippen molar-refractivity contribution in [3.05, 3.63) is 217 Å². The molecule has 9 aromatic rings. The van der Waals surface area contributed by atoms with Crippen molar-refractivity contribution in [1.29, 1.82) is 0 Å². The highest BCUT2D eigenvalue weighted by atomic mass is 16.5. The molecule has 9 aromatic carbocycles. The lowest BCUT2D eigenvalue weighted by Gasteiger charge is -2.31. The maximum Gasteiger partial charge on any atom is 0.136 e. The standard InChI is InChI=1S/C55H40N2O/c1-55(2)47-25-13-12-22-44(47)54-48(55)26-15-27-50(54)57(41-30-28-38(29-31-41)37-16-6-3-7-17-37)49-33-35-52-53-43(23-14-24-45(49)53)46-36-42(32-34-51(46)58-52)56(39-18-8-4-9-19-39)40-20-10-5-11-21-40/h3-36H,1-2H3. The highest BCUT2D eigenvalue weighted by Crippen LogP contribution is 2.56. The molecule has 0 N–H and O–H groups in total. The van der Waals surface area contributed by atoms with Crippen LogP contribution in [-0.4, -0.2) is 0 Å². The summed E-state index contributed by atoms with van der Waals surface area (Å²) in [6.45, 7) is 4.70. The van der Waals surface area contributed by atoms with E-state index in [0.29, 0.717) is 0 Å². The first-order valence-corrected chi connectivity index (χ1v) is 20.0. The molecule has 0 radical (unpaired) electrons. The molecule has 0 spiro atoms. The van der Waals surface area contributed by atoms with Crippen molar-refractivity contribution in [3.8, 4) is 44.9 Å². The van der Waals surface area contributed by atoms with Crippen molar-refractivity contribution >= 4 is 44.9 Å². The van der Waals surface area contributed by atoms with E-state index in [4.69, 9.17) is 4.74 Å². The third kappa shape index (κ3) is 5.35. The molecule has 0 saturated heterocycles. The minimum Gasteiger partial charge on any atom is -0.456 e. The van der Waals surface area contributed by atoms with Gasteiger partial charge in [0.15, 0.2) is 0 Å². The highest BCUT2D eigenvalue weighted by Gasteiger charge is 2.38. The summed E-state index contributed by atoms with van der Waals surface area (Å²) in [5, 5.41) is 2.24. The molecule has 2 aliphatic rings. The van der Waals surface area contributed by atoms with Crippen LogP contribution in [0.5, 0.6) is 11.5 Å². The molecule has 0 saturated carbocycles. The van der Waals surface area contributed by atoms with Gasteiger partial charge in [-0.3, -0.25) is 0 Å². The van der Waals surface area contributed by atoms with Crippen molar-refractivity contribution in [2.24, 2.45) is 0 Å². The van der Waals surface area contributed by atoms with E-state index in [1.54, 1.807) is 0 Å². The average molecular weight is 745 g/mol. The summed E-state index contributed by atoms with van der Waals surface area (Å²) < 4.78 is 6.82. The largest absolute Gasteiger partial charge is 0.456 e. The molecule has 0 unspecified atom stereocenters. The van der Waals surface area contributed by atoms with E-state index in [1.165, 1.54) is 33.4 Å². The van der Waals surface area contributed by atoms with Crippen LogP contribution in [0.15, 0.2) is 206 Å². The van der Waals surface area contributed by atoms with Gasteiger partial charge < -0.3 is 14.5 Å². The third-order valence-corrected chi connectivity index (χ3v) is 12.0. The van der Waals surface area contributed by atoms with Gasteiger partial charge >= 0.3 is 0 Å². The van der Waals surface area contributed by atoms with Gasteiger partial charge in [-0.05, 0) is 106 Å². The Morgan fingerprint density at radius 1 is 0.379 bits per heavy atom. The molecule has 276 valence electrons. The van der Waals surface area contributed by atoms with Crippen LogP contribution < -0.4 is 14.5 Å². The topological polar surface area (TPSA) is 15.7 Å². The van der Waals surface area contributed by atoms with E-state index in [-0.39, 0.29) is 5.41 Å². The Kier molecular flexibility index (Phi) is 7.84. The summed E-state index contributed by atoms with van der Waals surface area (Å²) in [6, 6.07) is 74.2. The smallest absolute Gasteiger partial charge is 0.136 e. The van der Waals surface area contributed by atoms with Gasteiger partial charge in [0.2, 0.25) is 0 Å². The second-order valence-corrected chi connectivity index (χ2v) is 15.7. The molecule has 58 heavy (non-hydrogen) atoms. The molecule has 11 rings (SSSR count). The molecule has 1 heterocycles. The van der Waals surface area contributed by atoms with Crippen LogP contribution in [-0.2, 0) is 5.41 Å². The number of para-hydroxylation sites is 2. The van der Waals surface area contributed by atoms with E-state index in [0.717, 1.165) is 67.5 Å². The van der Waals surface area contributed by atoms with Crippen LogP contribution >= 0.6 is 0 Å². The normalized spacial score (nSPS) is 12.9. The molecular weight excluding hydrogens is 705 g/mol. The second-order valence-electron chi connectivity index (χ2n) is 15.7. The summed E-state index contributed by atoms with van der Waals surface area (Å²) >= 11 is 0. The number of ether oxygens (including phenoxy) is 1. The third-order valence-electron chi connectivity index (χ3n) is 12.0. The average Bonchev–Trinajstić information content (AvgIpc) is 3.52. The van der Waals surface area contributed by atoms with Crippen molar-refractivity contribution in [1.82, 2.24) is 0 Å². The molecule has 0 aromatic heterocycles. The molecule has 0 fully saturated rings. The number of rotatable bonds is 7. The first-order chi connectivity index (χ1) is 28.5. The molecule has 0 amide bonds. The fraction of sp³-hybridized carbons (Fsp3) is 0.0545. The second kappa shape index (κ2) is 13.4. The fourth-order valence-electron chi connectivity index (χ4n) is 9.30. The summed E-state index contributed by atoms with van der Waals surface area (Å²) in [5.74, 6) is 1.72. The minimum absolute atomic E-state index is 0.132. The maximum absolute atomic E-state index is 6.82. The van der Waals surface area contributed by atoms with Crippen LogP contribution in [0, 0.1) is 0 Å². The van der Waals surface area contributed by atoms with Crippen molar-refractivity contribution < 1.29 is 4.74 Å². The zero-order valence-electron chi connectivity index (χ0n) is 32.4. The first kappa shape index (κ1) is 33.9. The molecular formula is C55H40N2O. The Morgan fingerprint density at radius 3 is 1.69 bits per heavy atom. The fourth-order valence-corrected chi connectivity index (χ4v) is 9.30. The summed E-state index contributed by atoms with van der Waals surface area (Å²) in [4.78, 5) is 4.77. The number of hydrogen-bond donors (Lipinski definition) is 0. The first-order valence-electron chi connectivity index (χ1n) is 20.0. The van der Waals surface area contributed by atoms with Gasteiger partial charge in [-0.1, -0.05) is 147 Å². The van der Waals surface area contributed by atoms with Crippen LogP contribution in [0.4, 0.5) is 34.1 Å². The van der Waals surface area contributed by atoms with Gasteiger partial charge in [0.25, 0.3) is 0 Å². The highest BCUT2D eigenvalue weighted by molar-refractivity contribution is 6.12. The van der Waals surface area contributed by atoms with E-state index in [1.807, 2.05) is 0 Å². The predicted octanol–water partition coefficient (Wildman–Crippen LogP) is 15.5. The number of nitrogens with zero attached hydrogens (tertiary/aromatic N) is 2. The quantitative estimate of drug-likeness (QED) is 0.162. The summed E-state index contributed by atoms with van der Waals surface area (Å²) in [6.07, 6.45) is 0. The number of fused-ring (bicyclic) bond motifs is 5. The van der Waals surface area contributed by atoms with Gasteiger partial charge in [0.05, 0.1) is 11.4 Å².